The van der Waals surface area contributed by atoms with E-state index < -0.39 is 77.4 Å². The van der Waals surface area contributed by atoms with E-state index in [1.54, 1.807) is 0 Å². The number of hydrogen-bond donors (Lipinski definition) is 0. The molecule has 1 atom stereocenters. The van der Waals surface area contributed by atoms with Gasteiger partial charge < -0.3 is 9.90 Å². The average molecular weight is 572 g/mol. The molecule has 0 spiro atoms. The summed E-state index contributed by atoms with van der Waals surface area (Å²) in [6.45, 7) is 0.892. The first-order valence-electron chi connectivity index (χ1n) is 8.08. The van der Waals surface area contributed by atoms with E-state index in [1.165, 1.54) is 0 Å². The number of halogens is 17. The third-order valence-electron chi connectivity index (χ3n) is 4.12. The first-order chi connectivity index (χ1) is 14.6. The SMILES string of the molecule is CC(CSCCC(F)(F)C(F)(F)C(F)(F)C(F)(F)C(F)(F)C(F)(F)C(F)(F)C(F)(F)F)C(=O)[O-].[Li+]. The maximum absolute atomic E-state index is 13.6. The molecule has 21 heteroatoms. The maximum Gasteiger partial charge on any atom is 1.00 e. The third kappa shape index (κ3) is 5.88. The summed E-state index contributed by atoms with van der Waals surface area (Å²) >= 11 is 0.00780. The summed E-state index contributed by atoms with van der Waals surface area (Å²) in [4.78, 5) is 10.4. The van der Waals surface area contributed by atoms with Crippen LogP contribution in [0.3, 0.4) is 0 Å². The molecule has 0 aromatic rings. The van der Waals surface area contributed by atoms with Gasteiger partial charge in [-0.05, 0) is 5.75 Å². The van der Waals surface area contributed by atoms with E-state index >= 15 is 0 Å². The summed E-state index contributed by atoms with van der Waals surface area (Å²) in [5.41, 5.74) is 0. The molecule has 1 unspecified atom stereocenters. The van der Waals surface area contributed by atoms with Crippen LogP contribution in [0.4, 0.5) is 74.6 Å². The number of rotatable bonds is 12. The van der Waals surface area contributed by atoms with Gasteiger partial charge in [0.15, 0.2) is 0 Å². The van der Waals surface area contributed by atoms with Crippen LogP contribution in [0.1, 0.15) is 13.3 Å². The molecule has 0 fully saturated rings. The summed E-state index contributed by atoms with van der Waals surface area (Å²) in [6.07, 6.45) is -10.4. The van der Waals surface area contributed by atoms with Gasteiger partial charge in [-0.1, -0.05) is 6.92 Å². The number of thioether (sulfide) groups is 1. The Labute approximate surface area is 200 Å². The fourth-order valence-electron chi connectivity index (χ4n) is 1.88. The summed E-state index contributed by atoms with van der Waals surface area (Å²) in [5.74, 6) is -61.8. The number of carboxylic acids is 1. The molecule has 204 valence electrons. The van der Waals surface area contributed by atoms with Gasteiger partial charge in [0.05, 0.1) is 0 Å². The molecule has 0 aromatic heterocycles. The van der Waals surface area contributed by atoms with Crippen LogP contribution < -0.4 is 24.0 Å². The Morgan fingerprint density at radius 1 is 0.657 bits per heavy atom. The molecule has 0 heterocycles. The van der Waals surface area contributed by atoms with Gasteiger partial charge in [-0.3, -0.25) is 0 Å². The quantitative estimate of drug-likeness (QED) is 0.205. The minimum atomic E-state index is -8.65. The third-order valence-corrected chi connectivity index (χ3v) is 5.35. The Hall–Kier alpha value is -0.773. The molecule has 0 radical (unpaired) electrons. The van der Waals surface area contributed by atoms with E-state index in [4.69, 9.17) is 0 Å². The van der Waals surface area contributed by atoms with Crippen molar-refractivity contribution >= 4 is 17.7 Å². The fourth-order valence-corrected chi connectivity index (χ4v) is 2.94. The summed E-state index contributed by atoms with van der Waals surface area (Å²) in [6, 6.07) is 0. The van der Waals surface area contributed by atoms with Crippen molar-refractivity contribution in [2.45, 2.75) is 61.0 Å². The van der Waals surface area contributed by atoms with Gasteiger partial charge in [-0.15, -0.1) is 0 Å². The number of alkyl halides is 17. The molecule has 0 amide bonds. The summed E-state index contributed by atoms with van der Waals surface area (Å²) in [7, 11) is 0. The van der Waals surface area contributed by atoms with Crippen LogP contribution in [-0.2, 0) is 4.79 Å². The van der Waals surface area contributed by atoms with E-state index in [-0.39, 0.29) is 30.6 Å². The van der Waals surface area contributed by atoms with Crippen molar-refractivity contribution in [3.05, 3.63) is 0 Å². The van der Waals surface area contributed by atoms with Gasteiger partial charge in [0.1, 0.15) is 0 Å². The second-order valence-corrected chi connectivity index (χ2v) is 7.84. The van der Waals surface area contributed by atoms with E-state index in [0.717, 1.165) is 6.92 Å². The summed E-state index contributed by atoms with van der Waals surface area (Å²) < 4.78 is 222. The van der Waals surface area contributed by atoms with E-state index in [0.29, 0.717) is 0 Å². The van der Waals surface area contributed by atoms with Crippen LogP contribution >= 0.6 is 11.8 Å². The topological polar surface area (TPSA) is 40.1 Å². The van der Waals surface area contributed by atoms with Gasteiger partial charge in [-0.2, -0.15) is 86.4 Å². The van der Waals surface area contributed by atoms with Crippen LogP contribution in [-0.4, -0.2) is 65.1 Å². The van der Waals surface area contributed by atoms with Gasteiger partial charge >= 0.3 is 66.5 Å². The van der Waals surface area contributed by atoms with Crippen molar-refractivity contribution in [2.75, 3.05) is 11.5 Å². The van der Waals surface area contributed by atoms with Gasteiger partial charge in [0, 0.05) is 24.1 Å². The number of carbonyl (C=O) groups excluding carboxylic acids is 1. The number of carboxylic acid groups (broad SMARTS) is 1. The standard InChI is InChI=1S/C14H11F17O2S.Li/c1-5(6(32)33)4-34-3-2-7(15,16)8(17,18)9(19,20)10(21,22)11(23,24)12(25,26)13(27,28)14(29,30)31;/h5H,2-4H2,1H3,(H,32,33);/q;+1/p-1. The van der Waals surface area contributed by atoms with Crippen LogP contribution in [0.5, 0.6) is 0 Å². The Morgan fingerprint density at radius 3 is 1.29 bits per heavy atom. The number of hydrogen-bond acceptors (Lipinski definition) is 3. The molecule has 0 aliphatic rings. The minimum Gasteiger partial charge on any atom is -0.550 e. The van der Waals surface area contributed by atoms with Gasteiger partial charge in [0.2, 0.25) is 0 Å². The van der Waals surface area contributed by atoms with Crippen LogP contribution in [0.2, 0.25) is 0 Å². The van der Waals surface area contributed by atoms with Crippen molar-refractivity contribution in [1.29, 1.82) is 0 Å². The molecule has 0 rings (SSSR count). The van der Waals surface area contributed by atoms with Crippen molar-refractivity contribution in [3.8, 4) is 0 Å². The van der Waals surface area contributed by atoms with Gasteiger partial charge in [0.25, 0.3) is 0 Å². The zero-order chi connectivity index (χ0) is 28.0. The van der Waals surface area contributed by atoms with E-state index in [2.05, 4.69) is 0 Å². The minimum absolute atomic E-state index is 0. The van der Waals surface area contributed by atoms with Crippen molar-refractivity contribution < 1.29 is 103 Å². The molecule has 0 saturated heterocycles. The molecule has 0 saturated carbocycles. The first-order valence-corrected chi connectivity index (χ1v) is 9.23. The Morgan fingerprint density at radius 2 is 0.971 bits per heavy atom. The molecule has 0 aliphatic heterocycles. The molecule has 2 nitrogen and oxygen atoms in total. The number of aliphatic carboxylic acids is 1. The zero-order valence-corrected chi connectivity index (χ0v) is 17.7. The molecule has 35 heavy (non-hydrogen) atoms. The second-order valence-electron chi connectivity index (χ2n) is 6.69. The second kappa shape index (κ2) is 10.5. The van der Waals surface area contributed by atoms with Crippen LogP contribution in [0.25, 0.3) is 0 Å². The molecule has 0 aromatic carbocycles. The predicted molar refractivity (Wildman–Crippen MR) is 76.8 cm³/mol. The monoisotopic (exact) mass is 572 g/mol. The normalized spacial score (nSPS) is 16.1. The molecular weight excluding hydrogens is 562 g/mol. The average Bonchev–Trinajstić information content (AvgIpc) is 2.62. The molecule has 0 bridgehead atoms. The predicted octanol–water partition coefficient (Wildman–Crippen LogP) is 2.51. The van der Waals surface area contributed by atoms with Crippen LogP contribution in [0, 0.1) is 5.92 Å². The molecule has 0 N–H and O–H groups in total. The van der Waals surface area contributed by atoms with Crippen LogP contribution in [0.15, 0.2) is 0 Å². The van der Waals surface area contributed by atoms with Crippen molar-refractivity contribution in [3.63, 3.8) is 0 Å². The Bertz CT molecular complexity index is 737. The smallest absolute Gasteiger partial charge is 0.550 e. The number of carbonyl (C=O) groups is 1. The molecular formula is C14H10F17LiO2S. The maximum atomic E-state index is 13.6. The van der Waals surface area contributed by atoms with Crippen molar-refractivity contribution in [1.82, 2.24) is 0 Å². The largest absolute Gasteiger partial charge is 1.00 e. The fraction of sp³-hybridized carbons (Fsp3) is 0.929. The first kappa shape index (κ1) is 36.4. The van der Waals surface area contributed by atoms with E-state index in [9.17, 15) is 84.5 Å². The Balaban J connectivity index is 0. The van der Waals surface area contributed by atoms with E-state index in [1.807, 2.05) is 0 Å². The van der Waals surface area contributed by atoms with Crippen molar-refractivity contribution in [2.24, 2.45) is 5.92 Å². The van der Waals surface area contributed by atoms with Gasteiger partial charge in [-0.25, -0.2) is 0 Å². The summed E-state index contributed by atoms with van der Waals surface area (Å²) in [5, 5.41) is 10.4. The zero-order valence-electron chi connectivity index (χ0n) is 16.8. The Kier molecular flexibility index (Phi) is 11.0. The molecule has 0 aliphatic carbocycles.